The molecule has 1 aromatic rings. The zero-order valence-electron chi connectivity index (χ0n) is 12.2. The summed E-state index contributed by atoms with van der Waals surface area (Å²) in [4.78, 5) is 10.5. The average Bonchev–Trinajstić information content (AvgIpc) is 2.46. The highest BCUT2D eigenvalue weighted by molar-refractivity contribution is 5.35. The quantitative estimate of drug-likeness (QED) is 0.538. The molecule has 0 heterocycles. The largest absolute Gasteiger partial charge is 0.396 e. The fourth-order valence-corrected chi connectivity index (χ4v) is 2.34. The fraction of sp³-hybridized carbons (Fsp3) is 0.600. The second-order valence-electron chi connectivity index (χ2n) is 4.98. The van der Waals surface area contributed by atoms with Crippen molar-refractivity contribution >= 4 is 5.69 Å². The molecule has 0 aliphatic carbocycles. The van der Waals surface area contributed by atoms with E-state index in [0.29, 0.717) is 6.42 Å². The molecule has 2 N–H and O–H groups in total. The lowest BCUT2D eigenvalue weighted by Gasteiger charge is -2.25. The van der Waals surface area contributed by atoms with Crippen molar-refractivity contribution in [1.29, 1.82) is 0 Å². The summed E-state index contributed by atoms with van der Waals surface area (Å²) < 4.78 is 0. The van der Waals surface area contributed by atoms with Crippen LogP contribution in [0.25, 0.3) is 0 Å². The molecular formula is C15H24N2O3. The van der Waals surface area contributed by atoms with Gasteiger partial charge in [0.1, 0.15) is 0 Å². The fourth-order valence-electron chi connectivity index (χ4n) is 2.34. The van der Waals surface area contributed by atoms with E-state index in [0.717, 1.165) is 24.8 Å². The Balaban J connectivity index is 2.89. The van der Waals surface area contributed by atoms with Crippen molar-refractivity contribution in [2.24, 2.45) is 0 Å². The molecule has 0 aliphatic heterocycles. The highest BCUT2D eigenvalue weighted by Crippen LogP contribution is 2.24. The van der Waals surface area contributed by atoms with E-state index in [2.05, 4.69) is 19.2 Å². The predicted octanol–water partition coefficient (Wildman–Crippen LogP) is 3.19. The molecule has 2 atom stereocenters. The van der Waals surface area contributed by atoms with E-state index in [-0.39, 0.29) is 29.3 Å². The first-order chi connectivity index (χ1) is 9.62. The average molecular weight is 280 g/mol. The van der Waals surface area contributed by atoms with Crippen molar-refractivity contribution in [2.45, 2.75) is 51.6 Å². The van der Waals surface area contributed by atoms with Crippen LogP contribution >= 0.6 is 0 Å². The molecule has 5 heteroatoms. The first-order valence-corrected chi connectivity index (χ1v) is 7.23. The summed E-state index contributed by atoms with van der Waals surface area (Å²) in [5, 5.41) is 23.4. The van der Waals surface area contributed by atoms with Gasteiger partial charge < -0.3 is 10.4 Å². The third kappa shape index (κ3) is 4.90. The molecule has 0 fully saturated rings. The highest BCUT2D eigenvalue weighted by atomic mass is 16.6. The lowest BCUT2D eigenvalue weighted by atomic mass is 9.99. The molecule has 0 radical (unpaired) electrons. The first-order valence-electron chi connectivity index (χ1n) is 7.23. The SMILES string of the molecule is CCCC(NC(CC)CCO)c1cccc([N+](=O)[O-])c1. The maximum atomic E-state index is 10.9. The minimum atomic E-state index is -0.364. The molecule has 0 bridgehead atoms. The van der Waals surface area contributed by atoms with Gasteiger partial charge in [-0.25, -0.2) is 0 Å². The van der Waals surface area contributed by atoms with Crippen LogP contribution < -0.4 is 5.32 Å². The van der Waals surface area contributed by atoms with Gasteiger partial charge in [-0.3, -0.25) is 10.1 Å². The number of nitro groups is 1. The summed E-state index contributed by atoms with van der Waals surface area (Å²) in [6.45, 7) is 4.32. The molecule has 0 aliphatic rings. The first kappa shape index (κ1) is 16.6. The Morgan fingerprint density at radius 2 is 2.10 bits per heavy atom. The zero-order chi connectivity index (χ0) is 15.0. The van der Waals surface area contributed by atoms with Crippen LogP contribution in [-0.4, -0.2) is 22.7 Å². The number of nitrogens with zero attached hydrogens (tertiary/aromatic N) is 1. The standard InChI is InChI=1S/C15H24N2O3/c1-3-6-15(16-13(4-2)9-10-18)12-7-5-8-14(11-12)17(19)20/h5,7-8,11,13,15-16,18H,3-4,6,9-10H2,1-2H3. The Morgan fingerprint density at radius 1 is 1.35 bits per heavy atom. The number of nitrogens with one attached hydrogen (secondary N) is 1. The molecule has 0 saturated carbocycles. The van der Waals surface area contributed by atoms with E-state index in [1.54, 1.807) is 12.1 Å². The van der Waals surface area contributed by atoms with E-state index < -0.39 is 0 Å². The van der Waals surface area contributed by atoms with Crippen LogP contribution in [-0.2, 0) is 0 Å². The van der Waals surface area contributed by atoms with Crippen molar-refractivity contribution in [2.75, 3.05) is 6.61 Å². The summed E-state index contributed by atoms with van der Waals surface area (Å²) in [6.07, 6.45) is 3.54. The lowest BCUT2D eigenvalue weighted by Crippen LogP contribution is -2.33. The normalized spacial score (nSPS) is 13.9. The van der Waals surface area contributed by atoms with Gasteiger partial charge in [0, 0.05) is 30.8 Å². The van der Waals surface area contributed by atoms with Gasteiger partial charge in [-0.15, -0.1) is 0 Å². The molecule has 0 saturated heterocycles. The Bertz CT molecular complexity index is 423. The molecule has 112 valence electrons. The Labute approximate surface area is 120 Å². The number of hydrogen-bond acceptors (Lipinski definition) is 4. The smallest absolute Gasteiger partial charge is 0.269 e. The molecule has 2 unspecified atom stereocenters. The maximum absolute atomic E-state index is 10.9. The number of rotatable bonds is 9. The molecular weight excluding hydrogens is 256 g/mol. The van der Waals surface area contributed by atoms with Crippen LogP contribution in [0.1, 0.15) is 51.1 Å². The van der Waals surface area contributed by atoms with Crippen molar-refractivity contribution in [3.8, 4) is 0 Å². The van der Waals surface area contributed by atoms with Gasteiger partial charge in [-0.2, -0.15) is 0 Å². The number of aliphatic hydroxyl groups is 1. The van der Waals surface area contributed by atoms with Crippen LogP contribution in [0.5, 0.6) is 0 Å². The van der Waals surface area contributed by atoms with Crippen molar-refractivity contribution in [1.82, 2.24) is 5.32 Å². The maximum Gasteiger partial charge on any atom is 0.269 e. The van der Waals surface area contributed by atoms with Crippen LogP contribution in [0.2, 0.25) is 0 Å². The number of benzene rings is 1. The van der Waals surface area contributed by atoms with E-state index in [9.17, 15) is 10.1 Å². The number of aliphatic hydroxyl groups excluding tert-OH is 1. The number of hydrogen-bond donors (Lipinski definition) is 2. The molecule has 0 aromatic heterocycles. The van der Waals surface area contributed by atoms with Gasteiger partial charge in [-0.05, 0) is 24.8 Å². The van der Waals surface area contributed by atoms with Crippen molar-refractivity contribution in [3.63, 3.8) is 0 Å². The van der Waals surface area contributed by atoms with Gasteiger partial charge in [0.2, 0.25) is 0 Å². The van der Waals surface area contributed by atoms with Crippen molar-refractivity contribution in [3.05, 3.63) is 39.9 Å². The van der Waals surface area contributed by atoms with Gasteiger partial charge in [0.15, 0.2) is 0 Å². The minimum absolute atomic E-state index is 0.0939. The van der Waals surface area contributed by atoms with E-state index >= 15 is 0 Å². The van der Waals surface area contributed by atoms with Crippen LogP contribution in [0.3, 0.4) is 0 Å². The van der Waals surface area contributed by atoms with E-state index in [4.69, 9.17) is 5.11 Å². The number of nitro benzene ring substituents is 1. The van der Waals surface area contributed by atoms with Crippen LogP contribution in [0.4, 0.5) is 5.69 Å². The lowest BCUT2D eigenvalue weighted by molar-refractivity contribution is -0.384. The highest BCUT2D eigenvalue weighted by Gasteiger charge is 2.17. The van der Waals surface area contributed by atoms with Crippen molar-refractivity contribution < 1.29 is 10.0 Å². The summed E-state index contributed by atoms with van der Waals surface area (Å²) in [5.41, 5.74) is 1.07. The zero-order valence-corrected chi connectivity index (χ0v) is 12.2. The second-order valence-corrected chi connectivity index (χ2v) is 4.98. The Hall–Kier alpha value is -1.46. The Morgan fingerprint density at radius 3 is 2.65 bits per heavy atom. The topological polar surface area (TPSA) is 75.4 Å². The molecule has 20 heavy (non-hydrogen) atoms. The van der Waals surface area contributed by atoms with E-state index in [1.165, 1.54) is 6.07 Å². The summed E-state index contributed by atoms with van der Waals surface area (Å²) in [7, 11) is 0. The van der Waals surface area contributed by atoms with Gasteiger partial charge in [0.25, 0.3) is 5.69 Å². The van der Waals surface area contributed by atoms with E-state index in [1.807, 2.05) is 6.07 Å². The molecule has 1 aromatic carbocycles. The monoisotopic (exact) mass is 280 g/mol. The third-order valence-electron chi connectivity index (χ3n) is 3.47. The second kappa shape index (κ2) is 8.66. The summed E-state index contributed by atoms with van der Waals surface area (Å²) in [6, 6.07) is 7.13. The third-order valence-corrected chi connectivity index (χ3v) is 3.47. The van der Waals surface area contributed by atoms with Gasteiger partial charge >= 0.3 is 0 Å². The molecule has 0 amide bonds. The van der Waals surface area contributed by atoms with Crippen LogP contribution in [0.15, 0.2) is 24.3 Å². The summed E-state index contributed by atoms with van der Waals surface area (Å²) in [5.74, 6) is 0. The molecule has 1 rings (SSSR count). The Kier molecular flexibility index (Phi) is 7.18. The van der Waals surface area contributed by atoms with Gasteiger partial charge in [-0.1, -0.05) is 32.4 Å². The predicted molar refractivity (Wildman–Crippen MR) is 79.7 cm³/mol. The number of non-ortho nitro benzene ring substituents is 1. The molecule has 0 spiro atoms. The minimum Gasteiger partial charge on any atom is -0.396 e. The summed E-state index contributed by atoms with van der Waals surface area (Å²) >= 11 is 0. The van der Waals surface area contributed by atoms with Crippen LogP contribution in [0, 0.1) is 10.1 Å². The molecule has 5 nitrogen and oxygen atoms in total. The van der Waals surface area contributed by atoms with Gasteiger partial charge in [0.05, 0.1) is 4.92 Å².